The molecule has 0 spiro atoms. The zero-order valence-corrected chi connectivity index (χ0v) is 21.3. The van der Waals surface area contributed by atoms with Crippen LogP contribution in [0, 0.1) is 13.8 Å². The molecule has 2 heterocycles. The van der Waals surface area contributed by atoms with Crippen LogP contribution in [-0.4, -0.2) is 37.2 Å². The summed E-state index contributed by atoms with van der Waals surface area (Å²) in [7, 11) is 1.65. The van der Waals surface area contributed by atoms with Gasteiger partial charge in [-0.25, -0.2) is 4.68 Å². The maximum absolute atomic E-state index is 13.1. The third kappa shape index (κ3) is 5.76. The second kappa shape index (κ2) is 10.8. The van der Waals surface area contributed by atoms with Crippen molar-refractivity contribution in [3.8, 4) is 5.75 Å². The van der Waals surface area contributed by atoms with Crippen LogP contribution in [0.4, 0.5) is 0 Å². The molecule has 0 aliphatic rings. The van der Waals surface area contributed by atoms with Crippen LogP contribution in [0.1, 0.15) is 33.6 Å². The average molecular weight is 495 g/mol. The molecule has 0 radical (unpaired) electrons. The van der Waals surface area contributed by atoms with Crippen molar-refractivity contribution >= 4 is 10.9 Å². The standard InChI is InChI=1S/C29H30N6O2/c1-20-13-21(2)28-24(14-20)15-25(29(36)30-28)18-34(16-22-7-5-4-6-8-22)19-27-31-32-33-35(27)17-23-9-11-26(37-3)12-10-23/h4-15H,16-19H2,1-3H3,(H,30,36). The number of H-pyrrole nitrogens is 1. The average Bonchev–Trinajstić information content (AvgIpc) is 3.32. The highest BCUT2D eigenvalue weighted by molar-refractivity contribution is 5.82. The topological polar surface area (TPSA) is 88.9 Å². The monoisotopic (exact) mass is 494 g/mol. The van der Waals surface area contributed by atoms with E-state index < -0.39 is 0 Å². The first-order valence-electron chi connectivity index (χ1n) is 12.3. The number of aromatic amines is 1. The summed E-state index contributed by atoms with van der Waals surface area (Å²) in [5.74, 6) is 1.54. The van der Waals surface area contributed by atoms with E-state index in [1.54, 1.807) is 11.8 Å². The number of benzene rings is 3. The molecule has 5 rings (SSSR count). The van der Waals surface area contributed by atoms with Crippen molar-refractivity contribution < 1.29 is 4.74 Å². The number of nitrogens with zero attached hydrogens (tertiary/aromatic N) is 5. The van der Waals surface area contributed by atoms with Crippen LogP contribution in [-0.2, 0) is 26.2 Å². The highest BCUT2D eigenvalue weighted by Crippen LogP contribution is 2.20. The molecule has 8 heteroatoms. The van der Waals surface area contributed by atoms with Crippen LogP contribution in [0.2, 0.25) is 0 Å². The summed E-state index contributed by atoms with van der Waals surface area (Å²) in [6.45, 7) is 6.24. The van der Waals surface area contributed by atoms with Gasteiger partial charge in [-0.15, -0.1) is 5.10 Å². The van der Waals surface area contributed by atoms with E-state index in [-0.39, 0.29) is 5.56 Å². The summed E-state index contributed by atoms with van der Waals surface area (Å²) < 4.78 is 7.06. The van der Waals surface area contributed by atoms with Gasteiger partial charge in [-0.1, -0.05) is 54.1 Å². The molecular weight excluding hydrogens is 464 g/mol. The Labute approximate surface area is 215 Å². The third-order valence-electron chi connectivity index (χ3n) is 6.48. The summed E-state index contributed by atoms with van der Waals surface area (Å²) in [6, 6.07) is 24.3. The van der Waals surface area contributed by atoms with E-state index in [4.69, 9.17) is 4.74 Å². The maximum atomic E-state index is 13.1. The summed E-state index contributed by atoms with van der Waals surface area (Å²) >= 11 is 0. The van der Waals surface area contributed by atoms with Gasteiger partial charge < -0.3 is 9.72 Å². The van der Waals surface area contributed by atoms with Gasteiger partial charge in [0.2, 0.25) is 0 Å². The number of hydrogen-bond donors (Lipinski definition) is 1. The minimum absolute atomic E-state index is 0.0738. The number of ether oxygens (including phenoxy) is 1. The quantitative estimate of drug-likeness (QED) is 0.327. The minimum atomic E-state index is -0.0738. The number of tetrazole rings is 1. The molecule has 0 amide bonds. The molecule has 0 bridgehead atoms. The number of fused-ring (bicyclic) bond motifs is 1. The zero-order chi connectivity index (χ0) is 25.8. The molecule has 2 aromatic heterocycles. The number of aromatic nitrogens is 5. The number of aryl methyl sites for hydroxylation is 2. The second-order valence-electron chi connectivity index (χ2n) is 9.40. The Balaban J connectivity index is 1.43. The lowest BCUT2D eigenvalue weighted by Gasteiger charge is -2.22. The molecule has 0 atom stereocenters. The van der Waals surface area contributed by atoms with Crippen molar-refractivity contribution in [3.05, 3.63) is 117 Å². The number of hydrogen-bond acceptors (Lipinski definition) is 6. The van der Waals surface area contributed by atoms with Gasteiger partial charge in [-0.05, 0) is 70.6 Å². The van der Waals surface area contributed by atoms with Crippen molar-refractivity contribution in [2.24, 2.45) is 0 Å². The first-order chi connectivity index (χ1) is 18.0. The summed E-state index contributed by atoms with van der Waals surface area (Å²) in [4.78, 5) is 18.4. The van der Waals surface area contributed by atoms with Crippen molar-refractivity contribution in [1.82, 2.24) is 30.1 Å². The molecule has 0 saturated heterocycles. The highest BCUT2D eigenvalue weighted by Gasteiger charge is 2.16. The van der Waals surface area contributed by atoms with E-state index in [1.807, 2.05) is 55.5 Å². The van der Waals surface area contributed by atoms with Crippen LogP contribution < -0.4 is 10.3 Å². The van der Waals surface area contributed by atoms with Crippen molar-refractivity contribution in [2.75, 3.05) is 7.11 Å². The van der Waals surface area contributed by atoms with Gasteiger partial charge in [0.15, 0.2) is 5.82 Å². The minimum Gasteiger partial charge on any atom is -0.497 e. The molecule has 5 aromatic rings. The van der Waals surface area contributed by atoms with E-state index >= 15 is 0 Å². The second-order valence-corrected chi connectivity index (χ2v) is 9.40. The van der Waals surface area contributed by atoms with Crippen LogP contribution >= 0.6 is 0 Å². The van der Waals surface area contributed by atoms with E-state index in [1.165, 1.54) is 5.56 Å². The number of pyridine rings is 1. The zero-order valence-electron chi connectivity index (χ0n) is 21.3. The van der Waals surface area contributed by atoms with E-state index in [0.29, 0.717) is 31.7 Å². The van der Waals surface area contributed by atoms with Crippen LogP contribution in [0.25, 0.3) is 10.9 Å². The number of rotatable bonds is 9. The lowest BCUT2D eigenvalue weighted by molar-refractivity contribution is 0.236. The van der Waals surface area contributed by atoms with Crippen molar-refractivity contribution in [2.45, 2.75) is 40.0 Å². The molecule has 8 nitrogen and oxygen atoms in total. The first kappa shape index (κ1) is 24.4. The molecule has 0 aliphatic heterocycles. The van der Waals surface area contributed by atoms with Crippen LogP contribution in [0.3, 0.4) is 0 Å². The Morgan fingerprint density at radius 3 is 2.46 bits per heavy atom. The van der Waals surface area contributed by atoms with Gasteiger partial charge in [0.25, 0.3) is 5.56 Å². The number of methoxy groups -OCH3 is 1. The summed E-state index contributed by atoms with van der Waals surface area (Å²) in [6.07, 6.45) is 0. The fourth-order valence-electron chi connectivity index (χ4n) is 4.66. The smallest absolute Gasteiger partial charge is 0.252 e. The first-order valence-corrected chi connectivity index (χ1v) is 12.3. The predicted octanol–water partition coefficient (Wildman–Crippen LogP) is 4.39. The number of nitrogens with one attached hydrogen (secondary N) is 1. The molecular formula is C29H30N6O2. The Morgan fingerprint density at radius 2 is 1.70 bits per heavy atom. The molecule has 0 saturated carbocycles. The fourth-order valence-corrected chi connectivity index (χ4v) is 4.66. The predicted molar refractivity (Wildman–Crippen MR) is 143 cm³/mol. The summed E-state index contributed by atoms with van der Waals surface area (Å²) in [5, 5.41) is 13.5. The van der Waals surface area contributed by atoms with Gasteiger partial charge in [-0.2, -0.15) is 0 Å². The Hall–Kier alpha value is -4.30. The largest absolute Gasteiger partial charge is 0.497 e. The molecule has 3 aromatic carbocycles. The molecule has 188 valence electrons. The van der Waals surface area contributed by atoms with Crippen molar-refractivity contribution in [1.29, 1.82) is 0 Å². The lowest BCUT2D eigenvalue weighted by atomic mass is 10.0. The van der Waals surface area contributed by atoms with Gasteiger partial charge in [0, 0.05) is 18.7 Å². The van der Waals surface area contributed by atoms with Crippen molar-refractivity contribution in [3.63, 3.8) is 0 Å². The highest BCUT2D eigenvalue weighted by atomic mass is 16.5. The fraction of sp³-hybridized carbons (Fsp3) is 0.241. The molecule has 0 unspecified atom stereocenters. The summed E-state index contributed by atoms with van der Waals surface area (Å²) in [5.41, 5.74) is 5.98. The van der Waals surface area contributed by atoms with Crippen LogP contribution in [0.5, 0.6) is 5.75 Å². The lowest BCUT2D eigenvalue weighted by Crippen LogP contribution is -2.28. The van der Waals surface area contributed by atoms with E-state index in [2.05, 4.69) is 56.6 Å². The van der Waals surface area contributed by atoms with Gasteiger partial charge >= 0.3 is 0 Å². The molecule has 37 heavy (non-hydrogen) atoms. The Bertz CT molecular complexity index is 1560. The van der Waals surface area contributed by atoms with Crippen LogP contribution in [0.15, 0.2) is 77.6 Å². The SMILES string of the molecule is COc1ccc(Cn2nnnc2CN(Cc2ccccc2)Cc2cc3cc(C)cc(C)c3[nH]c2=O)cc1. The normalized spacial score (nSPS) is 11.4. The van der Waals surface area contributed by atoms with E-state index in [9.17, 15) is 4.79 Å². The Morgan fingerprint density at radius 1 is 0.919 bits per heavy atom. The molecule has 0 fully saturated rings. The van der Waals surface area contributed by atoms with E-state index in [0.717, 1.165) is 39.2 Å². The van der Waals surface area contributed by atoms with Gasteiger partial charge in [0.05, 0.1) is 25.7 Å². The van der Waals surface area contributed by atoms with Gasteiger partial charge in [0.1, 0.15) is 5.75 Å². The Kier molecular flexibility index (Phi) is 7.09. The molecule has 0 aliphatic carbocycles. The van der Waals surface area contributed by atoms with Gasteiger partial charge in [-0.3, -0.25) is 9.69 Å². The third-order valence-corrected chi connectivity index (χ3v) is 6.48. The molecule has 1 N–H and O–H groups in total. The maximum Gasteiger partial charge on any atom is 0.252 e.